The quantitative estimate of drug-likeness (QED) is 0.472. The average molecular weight is 474 g/mol. The summed E-state index contributed by atoms with van der Waals surface area (Å²) in [5.41, 5.74) is 3.32. The molecule has 0 bridgehead atoms. The number of rotatable bonds is 6. The zero-order valence-electron chi connectivity index (χ0n) is 19.6. The fourth-order valence-corrected chi connectivity index (χ4v) is 5.07. The number of amides is 1. The molecule has 0 aliphatic carbocycles. The lowest BCUT2D eigenvalue weighted by atomic mass is 10.0. The first-order valence-electron chi connectivity index (χ1n) is 10.7. The lowest BCUT2D eigenvalue weighted by Gasteiger charge is -2.21. The monoisotopic (exact) mass is 473 g/mol. The van der Waals surface area contributed by atoms with E-state index in [9.17, 15) is 13.2 Å². The molecule has 0 atom stereocenters. The minimum absolute atomic E-state index is 0.194. The van der Waals surface area contributed by atoms with Crippen molar-refractivity contribution >= 4 is 27.2 Å². The van der Waals surface area contributed by atoms with Crippen LogP contribution in [0.4, 0.5) is 5.69 Å². The Morgan fingerprint density at radius 3 is 2.29 bits per heavy atom. The Balaban J connectivity index is 1.80. The van der Waals surface area contributed by atoms with E-state index in [-0.39, 0.29) is 10.8 Å². The van der Waals surface area contributed by atoms with E-state index in [1.165, 1.54) is 6.08 Å². The van der Waals surface area contributed by atoms with Crippen molar-refractivity contribution in [3.05, 3.63) is 90.0 Å². The van der Waals surface area contributed by atoms with Gasteiger partial charge in [0.2, 0.25) is 15.9 Å². The second-order valence-electron chi connectivity index (χ2n) is 8.94. The third-order valence-electron chi connectivity index (χ3n) is 4.88. The molecule has 0 aromatic heterocycles. The summed E-state index contributed by atoms with van der Waals surface area (Å²) in [4.78, 5) is 12.7. The van der Waals surface area contributed by atoms with Crippen LogP contribution in [0.5, 0.6) is 0 Å². The Kier molecular flexibility index (Phi) is 7.35. The molecule has 3 rings (SSSR count). The van der Waals surface area contributed by atoms with Gasteiger partial charge in [0.05, 0.1) is 16.5 Å². The summed E-state index contributed by atoms with van der Waals surface area (Å²) in [6.45, 7) is 7.19. The molecule has 1 amide bonds. The zero-order chi connectivity index (χ0) is 24.9. The third-order valence-corrected chi connectivity index (χ3v) is 6.69. The van der Waals surface area contributed by atoms with Gasteiger partial charge in [-0.1, -0.05) is 42.5 Å². The molecule has 7 heteroatoms. The highest BCUT2D eigenvalue weighted by Crippen LogP contribution is 2.29. The number of sulfonamides is 1. The van der Waals surface area contributed by atoms with Crippen LogP contribution in [-0.4, -0.2) is 19.9 Å². The minimum Gasteiger partial charge on any atom is -0.323 e. The highest BCUT2D eigenvalue weighted by Gasteiger charge is 2.24. The Morgan fingerprint density at radius 2 is 1.65 bits per heavy atom. The van der Waals surface area contributed by atoms with Crippen LogP contribution < -0.4 is 10.0 Å². The van der Waals surface area contributed by atoms with E-state index in [1.807, 2.05) is 13.0 Å². The predicted octanol–water partition coefficient (Wildman–Crippen LogP) is 5.34. The number of hydrogen-bond acceptors (Lipinski definition) is 4. The summed E-state index contributed by atoms with van der Waals surface area (Å²) in [7, 11) is -3.72. The molecule has 3 aromatic rings. The van der Waals surface area contributed by atoms with E-state index < -0.39 is 15.6 Å². The molecule has 0 saturated carbocycles. The molecule has 0 radical (unpaired) electrons. The molecule has 0 heterocycles. The zero-order valence-corrected chi connectivity index (χ0v) is 20.4. The summed E-state index contributed by atoms with van der Waals surface area (Å²) in [5, 5.41) is 11.9. The molecule has 34 heavy (non-hydrogen) atoms. The Hall–Kier alpha value is -3.73. The van der Waals surface area contributed by atoms with Gasteiger partial charge in [0.1, 0.15) is 0 Å². The lowest BCUT2D eigenvalue weighted by molar-refractivity contribution is -0.111. The highest BCUT2D eigenvalue weighted by atomic mass is 32.2. The number of allylic oxidation sites excluding steroid dienone is 1. The summed E-state index contributed by atoms with van der Waals surface area (Å²) < 4.78 is 28.5. The summed E-state index contributed by atoms with van der Waals surface area (Å²) in [6, 6.07) is 23.0. The maximum absolute atomic E-state index is 12.9. The van der Waals surface area contributed by atoms with Gasteiger partial charge in [-0.2, -0.15) is 5.26 Å². The second kappa shape index (κ2) is 10.0. The molecular weight excluding hydrogens is 446 g/mol. The van der Waals surface area contributed by atoms with Crippen molar-refractivity contribution < 1.29 is 13.2 Å². The average Bonchev–Trinajstić information content (AvgIpc) is 2.78. The van der Waals surface area contributed by atoms with Crippen molar-refractivity contribution in [2.75, 3.05) is 5.32 Å². The maximum atomic E-state index is 12.9. The largest absolute Gasteiger partial charge is 0.323 e. The maximum Gasteiger partial charge on any atom is 0.248 e. The van der Waals surface area contributed by atoms with Crippen molar-refractivity contribution in [3.63, 3.8) is 0 Å². The van der Waals surface area contributed by atoms with Crippen LogP contribution in [0.25, 0.3) is 16.7 Å². The highest BCUT2D eigenvalue weighted by molar-refractivity contribution is 7.89. The SMILES string of the molecule is CC(=CC(=O)Nc1ccc(-c2ccccc2S(=O)(=O)NC(C)(C)C)cc1)c1cccc(C#N)c1. The van der Waals surface area contributed by atoms with Gasteiger partial charge in [-0.3, -0.25) is 4.79 Å². The molecule has 0 unspecified atom stereocenters. The van der Waals surface area contributed by atoms with Gasteiger partial charge in [0.15, 0.2) is 0 Å². The second-order valence-corrected chi connectivity index (χ2v) is 10.6. The Bertz CT molecular complexity index is 1380. The molecule has 0 saturated heterocycles. The Morgan fingerprint density at radius 1 is 0.971 bits per heavy atom. The van der Waals surface area contributed by atoms with Crippen LogP contribution in [0.2, 0.25) is 0 Å². The lowest BCUT2D eigenvalue weighted by Crippen LogP contribution is -2.40. The van der Waals surface area contributed by atoms with Gasteiger partial charge in [0.25, 0.3) is 0 Å². The number of nitriles is 1. The number of hydrogen-bond donors (Lipinski definition) is 2. The van der Waals surface area contributed by atoms with Gasteiger partial charge in [0, 0.05) is 22.9 Å². The number of carbonyl (C=O) groups is 1. The molecule has 6 nitrogen and oxygen atoms in total. The van der Waals surface area contributed by atoms with Crippen molar-refractivity contribution in [2.45, 2.75) is 38.1 Å². The van der Waals surface area contributed by atoms with Crippen LogP contribution >= 0.6 is 0 Å². The Labute approximate surface area is 201 Å². The van der Waals surface area contributed by atoms with Gasteiger partial charge in [-0.05, 0) is 74.7 Å². The number of anilines is 1. The fourth-order valence-electron chi connectivity index (χ4n) is 3.42. The first kappa shape index (κ1) is 24.9. The summed E-state index contributed by atoms with van der Waals surface area (Å²) in [5.74, 6) is -0.301. The standard InChI is InChI=1S/C27H27N3O3S/c1-19(22-9-7-8-20(17-22)18-28)16-26(31)29-23-14-12-21(13-15-23)24-10-5-6-11-25(24)34(32,33)30-27(2,3)4/h5-17,30H,1-4H3,(H,29,31). The molecule has 3 aromatic carbocycles. The van der Waals surface area contributed by atoms with Gasteiger partial charge >= 0.3 is 0 Å². The van der Waals surface area contributed by atoms with E-state index in [1.54, 1.807) is 87.5 Å². The first-order valence-corrected chi connectivity index (χ1v) is 12.2. The van der Waals surface area contributed by atoms with Crippen LogP contribution in [0, 0.1) is 11.3 Å². The normalized spacial score (nSPS) is 12.1. The first-order chi connectivity index (χ1) is 16.0. The van der Waals surface area contributed by atoms with E-state index in [4.69, 9.17) is 5.26 Å². The number of nitrogens with one attached hydrogen (secondary N) is 2. The van der Waals surface area contributed by atoms with Crippen LogP contribution in [0.3, 0.4) is 0 Å². The molecular formula is C27H27N3O3S. The van der Waals surface area contributed by atoms with E-state index in [2.05, 4.69) is 16.1 Å². The van der Waals surface area contributed by atoms with E-state index in [0.29, 0.717) is 22.4 Å². The summed E-state index contributed by atoms with van der Waals surface area (Å²) >= 11 is 0. The van der Waals surface area contributed by atoms with Crippen LogP contribution in [0.15, 0.2) is 83.8 Å². The fraction of sp³-hybridized carbons (Fsp3) is 0.185. The number of nitrogens with zero attached hydrogens (tertiary/aromatic N) is 1. The summed E-state index contributed by atoms with van der Waals surface area (Å²) in [6.07, 6.45) is 1.48. The molecule has 2 N–H and O–H groups in total. The third kappa shape index (κ3) is 6.41. The molecule has 0 fully saturated rings. The van der Waals surface area contributed by atoms with Gasteiger partial charge in [-0.25, -0.2) is 13.1 Å². The van der Waals surface area contributed by atoms with Gasteiger partial charge < -0.3 is 5.32 Å². The van der Waals surface area contributed by atoms with E-state index in [0.717, 1.165) is 11.1 Å². The van der Waals surface area contributed by atoms with E-state index >= 15 is 0 Å². The van der Waals surface area contributed by atoms with Crippen molar-refractivity contribution in [2.24, 2.45) is 0 Å². The number of benzene rings is 3. The van der Waals surface area contributed by atoms with Crippen LogP contribution in [-0.2, 0) is 14.8 Å². The van der Waals surface area contributed by atoms with Crippen molar-refractivity contribution in [1.29, 1.82) is 5.26 Å². The van der Waals surface area contributed by atoms with Crippen LogP contribution in [0.1, 0.15) is 38.8 Å². The smallest absolute Gasteiger partial charge is 0.248 e. The van der Waals surface area contributed by atoms with Crippen molar-refractivity contribution in [3.8, 4) is 17.2 Å². The predicted molar refractivity (Wildman–Crippen MR) is 135 cm³/mol. The minimum atomic E-state index is -3.72. The molecule has 0 aliphatic heterocycles. The number of carbonyl (C=O) groups excluding carboxylic acids is 1. The molecule has 0 spiro atoms. The molecule has 0 aliphatic rings. The molecule has 174 valence electrons. The van der Waals surface area contributed by atoms with Gasteiger partial charge in [-0.15, -0.1) is 0 Å². The topological polar surface area (TPSA) is 99.1 Å². The van der Waals surface area contributed by atoms with Crippen molar-refractivity contribution in [1.82, 2.24) is 4.72 Å².